The monoisotopic (exact) mass is 461 g/mol. The number of amides is 1. The van der Waals surface area contributed by atoms with Gasteiger partial charge in [-0.05, 0) is 73.9 Å². The molecule has 2 aromatic heterocycles. The number of unbranched alkanes of at least 4 members (excludes halogenated alkanes) is 1. The molecule has 0 saturated carbocycles. The number of carbonyl (C=O) groups is 1. The van der Waals surface area contributed by atoms with Crippen LogP contribution in [0.4, 0.5) is 5.69 Å². The molecule has 2 heterocycles. The van der Waals surface area contributed by atoms with E-state index in [0.29, 0.717) is 18.1 Å². The molecule has 8 heteroatoms. The Labute approximate surface area is 197 Å². The first-order valence-electron chi connectivity index (χ1n) is 11.1. The Morgan fingerprint density at radius 1 is 1.00 bits per heavy atom. The summed E-state index contributed by atoms with van der Waals surface area (Å²) in [5.41, 5.74) is 3.64. The zero-order valence-corrected chi connectivity index (χ0v) is 19.6. The summed E-state index contributed by atoms with van der Waals surface area (Å²) >= 11 is 1.37. The third-order valence-electron chi connectivity index (χ3n) is 5.07. The smallest absolute Gasteiger partial charge is 0.234 e. The lowest BCUT2D eigenvalue weighted by molar-refractivity contribution is -0.113. The predicted molar refractivity (Wildman–Crippen MR) is 132 cm³/mol. The van der Waals surface area contributed by atoms with Gasteiger partial charge in [0, 0.05) is 11.3 Å². The molecule has 0 spiro atoms. The SMILES string of the molecule is CCCCc1ccc(NC(=O)CSc2ccc3nnc(-c4ccc(OCC)cc4)n3n2)cc1. The predicted octanol–water partition coefficient (Wildman–Crippen LogP) is 5.26. The molecule has 0 radical (unpaired) electrons. The van der Waals surface area contributed by atoms with E-state index in [9.17, 15) is 4.79 Å². The summed E-state index contributed by atoms with van der Waals surface area (Å²) in [4.78, 5) is 12.4. The van der Waals surface area contributed by atoms with Gasteiger partial charge in [0.2, 0.25) is 5.91 Å². The van der Waals surface area contributed by atoms with Gasteiger partial charge < -0.3 is 10.1 Å². The van der Waals surface area contributed by atoms with Crippen molar-refractivity contribution in [3.05, 3.63) is 66.2 Å². The minimum Gasteiger partial charge on any atom is -0.494 e. The third-order valence-corrected chi connectivity index (χ3v) is 5.99. The molecular formula is C25H27N5O2S. The van der Waals surface area contributed by atoms with Crippen molar-refractivity contribution in [1.82, 2.24) is 19.8 Å². The number of ether oxygens (including phenoxy) is 1. The van der Waals surface area contributed by atoms with Gasteiger partial charge in [-0.3, -0.25) is 4.79 Å². The van der Waals surface area contributed by atoms with Crippen LogP contribution in [0.25, 0.3) is 17.0 Å². The van der Waals surface area contributed by atoms with Crippen molar-refractivity contribution in [1.29, 1.82) is 0 Å². The summed E-state index contributed by atoms with van der Waals surface area (Å²) < 4.78 is 7.20. The number of rotatable bonds is 10. The molecule has 1 amide bonds. The largest absolute Gasteiger partial charge is 0.494 e. The fraction of sp³-hybridized carbons (Fsp3) is 0.280. The van der Waals surface area contributed by atoms with Crippen LogP contribution in [0.15, 0.2) is 65.7 Å². The number of carbonyl (C=O) groups excluding carboxylic acids is 1. The molecule has 0 unspecified atom stereocenters. The zero-order chi connectivity index (χ0) is 23.0. The van der Waals surface area contributed by atoms with E-state index in [-0.39, 0.29) is 11.7 Å². The highest BCUT2D eigenvalue weighted by Crippen LogP contribution is 2.23. The highest BCUT2D eigenvalue weighted by Gasteiger charge is 2.12. The Balaban J connectivity index is 1.39. The minimum absolute atomic E-state index is 0.0707. The van der Waals surface area contributed by atoms with Crippen molar-refractivity contribution in [2.45, 2.75) is 38.1 Å². The maximum atomic E-state index is 12.4. The number of hydrogen-bond donors (Lipinski definition) is 1. The van der Waals surface area contributed by atoms with E-state index in [1.165, 1.54) is 30.2 Å². The van der Waals surface area contributed by atoms with Crippen LogP contribution in [-0.2, 0) is 11.2 Å². The maximum absolute atomic E-state index is 12.4. The summed E-state index contributed by atoms with van der Waals surface area (Å²) in [6.07, 6.45) is 3.41. The molecule has 33 heavy (non-hydrogen) atoms. The molecule has 7 nitrogen and oxygen atoms in total. The summed E-state index contributed by atoms with van der Waals surface area (Å²) in [7, 11) is 0. The molecule has 170 valence electrons. The second kappa shape index (κ2) is 11.0. The van der Waals surface area contributed by atoms with Gasteiger partial charge in [0.1, 0.15) is 10.8 Å². The van der Waals surface area contributed by atoms with E-state index >= 15 is 0 Å². The van der Waals surface area contributed by atoms with Gasteiger partial charge >= 0.3 is 0 Å². The summed E-state index contributed by atoms with van der Waals surface area (Å²) in [5.74, 6) is 1.64. The Kier molecular flexibility index (Phi) is 7.57. The second-order valence-corrected chi connectivity index (χ2v) is 8.56. The third kappa shape index (κ3) is 5.90. The van der Waals surface area contributed by atoms with Gasteiger partial charge in [-0.2, -0.15) is 9.61 Å². The quantitative estimate of drug-likeness (QED) is 0.324. The molecule has 0 aliphatic carbocycles. The highest BCUT2D eigenvalue weighted by atomic mass is 32.2. The van der Waals surface area contributed by atoms with Gasteiger partial charge in [-0.25, -0.2) is 0 Å². The standard InChI is InChI=1S/C25H27N5O2S/c1-3-5-6-18-7-11-20(12-8-18)26-23(31)17-33-24-16-15-22-27-28-25(30(22)29-24)19-9-13-21(14-10-19)32-4-2/h7-16H,3-6,17H2,1-2H3,(H,26,31). The zero-order valence-electron chi connectivity index (χ0n) is 18.8. The van der Waals surface area contributed by atoms with Crippen LogP contribution >= 0.6 is 11.8 Å². The van der Waals surface area contributed by atoms with Gasteiger partial charge in [0.05, 0.1) is 12.4 Å². The van der Waals surface area contributed by atoms with Crippen LogP contribution in [-0.4, -0.2) is 38.1 Å². The summed E-state index contributed by atoms with van der Waals surface area (Å²) in [6.45, 7) is 4.75. The van der Waals surface area contributed by atoms with Crippen LogP contribution in [0.1, 0.15) is 32.3 Å². The Bertz CT molecular complexity index is 1210. The van der Waals surface area contributed by atoms with Crippen molar-refractivity contribution in [3.63, 3.8) is 0 Å². The van der Waals surface area contributed by atoms with Crippen LogP contribution < -0.4 is 10.1 Å². The lowest BCUT2D eigenvalue weighted by Gasteiger charge is -2.07. The van der Waals surface area contributed by atoms with Gasteiger partial charge in [-0.1, -0.05) is 37.2 Å². The molecule has 4 rings (SSSR count). The second-order valence-electron chi connectivity index (χ2n) is 7.56. The van der Waals surface area contributed by atoms with E-state index in [1.54, 1.807) is 4.52 Å². The van der Waals surface area contributed by atoms with Gasteiger partial charge in [0.15, 0.2) is 11.5 Å². The lowest BCUT2D eigenvalue weighted by Crippen LogP contribution is -2.14. The Hall–Kier alpha value is -3.39. The topological polar surface area (TPSA) is 81.4 Å². The number of anilines is 1. The molecular weight excluding hydrogens is 434 g/mol. The molecule has 2 aromatic carbocycles. The molecule has 4 aromatic rings. The number of aryl methyl sites for hydroxylation is 1. The van der Waals surface area contributed by atoms with E-state index in [4.69, 9.17) is 4.74 Å². The average Bonchev–Trinajstić information content (AvgIpc) is 3.26. The molecule has 0 saturated heterocycles. The Morgan fingerprint density at radius 3 is 2.52 bits per heavy atom. The number of thioether (sulfide) groups is 1. The Morgan fingerprint density at radius 2 is 1.79 bits per heavy atom. The lowest BCUT2D eigenvalue weighted by atomic mass is 10.1. The van der Waals surface area contributed by atoms with E-state index in [0.717, 1.165) is 28.4 Å². The van der Waals surface area contributed by atoms with Crippen LogP contribution in [0.3, 0.4) is 0 Å². The van der Waals surface area contributed by atoms with Crippen molar-refractivity contribution in [2.75, 3.05) is 17.7 Å². The normalized spacial score (nSPS) is 11.0. The van der Waals surface area contributed by atoms with Crippen LogP contribution in [0, 0.1) is 0 Å². The number of nitrogens with one attached hydrogen (secondary N) is 1. The molecule has 0 fully saturated rings. The van der Waals surface area contributed by atoms with E-state index in [2.05, 4.69) is 39.7 Å². The van der Waals surface area contributed by atoms with Crippen molar-refractivity contribution in [2.24, 2.45) is 0 Å². The number of fused-ring (bicyclic) bond motifs is 1. The average molecular weight is 462 g/mol. The highest BCUT2D eigenvalue weighted by molar-refractivity contribution is 7.99. The summed E-state index contributed by atoms with van der Waals surface area (Å²) in [5, 5.41) is 16.8. The van der Waals surface area contributed by atoms with Gasteiger partial charge in [0.25, 0.3) is 0 Å². The minimum atomic E-state index is -0.0707. The van der Waals surface area contributed by atoms with E-state index in [1.807, 2.05) is 55.5 Å². The van der Waals surface area contributed by atoms with Crippen LogP contribution in [0.5, 0.6) is 5.75 Å². The van der Waals surface area contributed by atoms with Gasteiger partial charge in [-0.15, -0.1) is 10.2 Å². The van der Waals surface area contributed by atoms with Crippen molar-refractivity contribution in [3.8, 4) is 17.1 Å². The number of hydrogen-bond acceptors (Lipinski definition) is 6. The van der Waals surface area contributed by atoms with Crippen molar-refractivity contribution < 1.29 is 9.53 Å². The first kappa shape index (κ1) is 22.8. The molecule has 0 aliphatic heterocycles. The van der Waals surface area contributed by atoms with Crippen LogP contribution in [0.2, 0.25) is 0 Å². The number of benzene rings is 2. The van der Waals surface area contributed by atoms with E-state index < -0.39 is 0 Å². The molecule has 1 N–H and O–H groups in total. The first-order chi connectivity index (χ1) is 16.2. The number of nitrogens with zero attached hydrogens (tertiary/aromatic N) is 4. The molecule has 0 bridgehead atoms. The maximum Gasteiger partial charge on any atom is 0.234 e. The fourth-order valence-electron chi connectivity index (χ4n) is 3.37. The fourth-order valence-corrected chi connectivity index (χ4v) is 4.02. The van der Waals surface area contributed by atoms with Crippen molar-refractivity contribution >= 4 is 29.0 Å². The first-order valence-corrected chi connectivity index (χ1v) is 12.1. The molecule has 0 aliphatic rings. The molecule has 0 atom stereocenters. The number of aromatic nitrogens is 4. The summed E-state index contributed by atoms with van der Waals surface area (Å²) in [6, 6.07) is 19.4.